The quantitative estimate of drug-likeness (QED) is 0.910. The van der Waals surface area contributed by atoms with Crippen LogP contribution in [0.1, 0.15) is 43.0 Å². The summed E-state index contributed by atoms with van der Waals surface area (Å²) in [6.45, 7) is 4.70. The van der Waals surface area contributed by atoms with Gasteiger partial charge in [-0.05, 0) is 56.2 Å². The number of hydrogen-bond acceptors (Lipinski definition) is 4. The Morgan fingerprint density at radius 1 is 1.15 bits per heavy atom. The Hall–Kier alpha value is -2.43. The molecule has 1 N–H and O–H groups in total. The maximum Gasteiger partial charge on any atom is 0.253 e. The van der Waals surface area contributed by atoms with Crippen LogP contribution >= 0.6 is 0 Å². The second-order valence-corrected chi connectivity index (χ2v) is 7.48. The number of carbonyl (C=O) groups is 1. The highest BCUT2D eigenvalue weighted by molar-refractivity contribution is 5.94. The predicted molar refractivity (Wildman–Crippen MR) is 103 cm³/mol. The van der Waals surface area contributed by atoms with E-state index in [-0.39, 0.29) is 5.91 Å². The Bertz CT molecular complexity index is 762. The molecule has 1 aromatic carbocycles. The van der Waals surface area contributed by atoms with E-state index in [0.29, 0.717) is 17.7 Å². The highest BCUT2D eigenvalue weighted by Gasteiger charge is 2.32. The summed E-state index contributed by atoms with van der Waals surface area (Å²) in [5.41, 5.74) is 1.69. The van der Waals surface area contributed by atoms with Crippen LogP contribution in [-0.4, -0.2) is 40.4 Å². The number of carbonyl (C=O) groups excluding carboxylic acids is 1. The number of nitrogens with zero attached hydrogens (tertiary/aromatic N) is 3. The molecule has 0 unspecified atom stereocenters. The fourth-order valence-corrected chi connectivity index (χ4v) is 4.32. The van der Waals surface area contributed by atoms with E-state index in [1.807, 2.05) is 37.3 Å². The van der Waals surface area contributed by atoms with Crippen LogP contribution < -0.4 is 5.32 Å². The molecule has 2 atom stereocenters. The number of rotatable bonds is 4. The molecule has 26 heavy (non-hydrogen) atoms. The van der Waals surface area contributed by atoms with E-state index < -0.39 is 0 Å². The smallest absolute Gasteiger partial charge is 0.253 e. The first-order valence-corrected chi connectivity index (χ1v) is 9.69. The molecule has 136 valence electrons. The number of hydrogen-bond donors (Lipinski definition) is 1. The van der Waals surface area contributed by atoms with E-state index >= 15 is 0 Å². The van der Waals surface area contributed by atoms with Crippen molar-refractivity contribution in [3.05, 3.63) is 42.1 Å². The molecule has 0 radical (unpaired) electrons. The van der Waals surface area contributed by atoms with Gasteiger partial charge in [0, 0.05) is 37.0 Å². The SMILES string of the molecule is CCNc1ccnc(-c2ccc(C(=O)N3C[C@@H]4CCC[C@@H](C4)C3)cc2)n1. The second-order valence-electron chi connectivity index (χ2n) is 7.48. The van der Waals surface area contributed by atoms with Crippen molar-refractivity contribution in [2.75, 3.05) is 25.0 Å². The van der Waals surface area contributed by atoms with E-state index in [4.69, 9.17) is 0 Å². The summed E-state index contributed by atoms with van der Waals surface area (Å²) in [7, 11) is 0. The van der Waals surface area contributed by atoms with Crippen LogP contribution in [0.25, 0.3) is 11.4 Å². The molecule has 1 saturated carbocycles. The third-order valence-corrected chi connectivity index (χ3v) is 5.54. The Morgan fingerprint density at radius 3 is 2.58 bits per heavy atom. The summed E-state index contributed by atoms with van der Waals surface area (Å²) in [6.07, 6.45) is 6.95. The van der Waals surface area contributed by atoms with Crippen molar-refractivity contribution >= 4 is 11.7 Å². The van der Waals surface area contributed by atoms with Crippen molar-refractivity contribution in [1.82, 2.24) is 14.9 Å². The molecular formula is C21H26N4O. The lowest BCUT2D eigenvalue weighted by atomic mass is 9.78. The van der Waals surface area contributed by atoms with Gasteiger partial charge in [-0.3, -0.25) is 4.79 Å². The minimum Gasteiger partial charge on any atom is -0.370 e. The van der Waals surface area contributed by atoms with Gasteiger partial charge in [-0.25, -0.2) is 9.97 Å². The molecule has 2 fully saturated rings. The molecule has 1 saturated heterocycles. The Labute approximate surface area is 154 Å². The average Bonchev–Trinajstić information content (AvgIpc) is 2.68. The molecule has 0 spiro atoms. The lowest BCUT2D eigenvalue weighted by Gasteiger charge is -2.41. The third kappa shape index (κ3) is 3.57. The Balaban J connectivity index is 1.49. The largest absolute Gasteiger partial charge is 0.370 e. The van der Waals surface area contributed by atoms with Crippen LogP contribution in [-0.2, 0) is 0 Å². The van der Waals surface area contributed by atoms with Crippen LogP contribution in [0.15, 0.2) is 36.5 Å². The Morgan fingerprint density at radius 2 is 1.88 bits per heavy atom. The molecule has 1 aromatic heterocycles. The van der Waals surface area contributed by atoms with Crippen molar-refractivity contribution in [3.8, 4) is 11.4 Å². The van der Waals surface area contributed by atoms with Gasteiger partial charge in [0.15, 0.2) is 5.82 Å². The molecule has 1 aliphatic heterocycles. The first-order valence-electron chi connectivity index (χ1n) is 9.69. The zero-order valence-electron chi connectivity index (χ0n) is 15.3. The number of nitrogens with one attached hydrogen (secondary N) is 1. The van der Waals surface area contributed by atoms with E-state index in [9.17, 15) is 4.79 Å². The van der Waals surface area contributed by atoms with Gasteiger partial charge in [0.2, 0.25) is 0 Å². The standard InChI is InChI=1S/C21H26N4O/c1-2-22-19-10-11-23-20(24-19)17-6-8-18(9-7-17)21(26)25-13-15-4-3-5-16(12-15)14-25/h6-11,15-16H,2-5,12-14H2,1H3,(H,22,23,24)/t15-,16+. The number of aromatic nitrogens is 2. The molecule has 2 bridgehead atoms. The van der Waals surface area contributed by atoms with Gasteiger partial charge >= 0.3 is 0 Å². The van der Waals surface area contributed by atoms with Gasteiger partial charge in [-0.2, -0.15) is 0 Å². The fourth-order valence-electron chi connectivity index (χ4n) is 4.32. The molecule has 1 aliphatic carbocycles. The zero-order valence-corrected chi connectivity index (χ0v) is 15.3. The van der Waals surface area contributed by atoms with Crippen molar-refractivity contribution in [1.29, 1.82) is 0 Å². The van der Waals surface area contributed by atoms with E-state index in [1.54, 1.807) is 6.20 Å². The van der Waals surface area contributed by atoms with Gasteiger partial charge in [-0.1, -0.05) is 18.6 Å². The van der Waals surface area contributed by atoms with Crippen molar-refractivity contribution in [2.24, 2.45) is 11.8 Å². The monoisotopic (exact) mass is 350 g/mol. The van der Waals surface area contributed by atoms with Crippen LogP contribution in [0.2, 0.25) is 0 Å². The minimum absolute atomic E-state index is 0.162. The van der Waals surface area contributed by atoms with E-state index in [0.717, 1.165) is 36.6 Å². The van der Waals surface area contributed by atoms with Gasteiger partial charge < -0.3 is 10.2 Å². The number of fused-ring (bicyclic) bond motifs is 2. The van der Waals surface area contributed by atoms with Gasteiger partial charge in [-0.15, -0.1) is 0 Å². The highest BCUT2D eigenvalue weighted by Crippen LogP contribution is 2.34. The number of likely N-dealkylation sites (tertiary alicyclic amines) is 1. The highest BCUT2D eigenvalue weighted by atomic mass is 16.2. The summed E-state index contributed by atoms with van der Waals surface area (Å²) in [5, 5.41) is 3.20. The van der Waals surface area contributed by atoms with E-state index in [1.165, 1.54) is 25.7 Å². The Kier molecular flexibility index (Phi) is 4.87. The number of anilines is 1. The molecule has 2 heterocycles. The van der Waals surface area contributed by atoms with Gasteiger partial charge in [0.05, 0.1) is 0 Å². The first kappa shape index (κ1) is 17.0. The van der Waals surface area contributed by atoms with Crippen LogP contribution in [0.4, 0.5) is 5.82 Å². The predicted octanol–water partition coefficient (Wildman–Crippen LogP) is 3.84. The summed E-state index contributed by atoms with van der Waals surface area (Å²) in [4.78, 5) is 23.8. The van der Waals surface area contributed by atoms with Crippen molar-refractivity contribution < 1.29 is 4.79 Å². The lowest BCUT2D eigenvalue weighted by Crippen LogP contribution is -2.45. The molecule has 2 aromatic rings. The van der Waals surface area contributed by atoms with E-state index in [2.05, 4.69) is 20.2 Å². The van der Waals surface area contributed by atoms with Gasteiger partial charge in [0.25, 0.3) is 5.91 Å². The molecular weight excluding hydrogens is 324 g/mol. The summed E-state index contributed by atoms with van der Waals surface area (Å²) in [6, 6.07) is 9.57. The fraction of sp³-hybridized carbons (Fsp3) is 0.476. The topological polar surface area (TPSA) is 58.1 Å². The van der Waals surface area contributed by atoms with Crippen molar-refractivity contribution in [3.63, 3.8) is 0 Å². The van der Waals surface area contributed by atoms with Crippen LogP contribution in [0, 0.1) is 11.8 Å². The molecule has 1 amide bonds. The lowest BCUT2D eigenvalue weighted by molar-refractivity contribution is 0.0504. The van der Waals surface area contributed by atoms with Crippen LogP contribution in [0.5, 0.6) is 0 Å². The summed E-state index contributed by atoms with van der Waals surface area (Å²) < 4.78 is 0. The van der Waals surface area contributed by atoms with Crippen molar-refractivity contribution in [2.45, 2.75) is 32.6 Å². The molecule has 5 nitrogen and oxygen atoms in total. The average molecular weight is 350 g/mol. The number of piperidine rings is 1. The number of benzene rings is 1. The minimum atomic E-state index is 0.162. The maximum absolute atomic E-state index is 12.9. The molecule has 4 rings (SSSR count). The molecule has 5 heteroatoms. The summed E-state index contributed by atoms with van der Waals surface area (Å²) >= 11 is 0. The second kappa shape index (κ2) is 7.44. The maximum atomic E-state index is 12.9. The van der Waals surface area contributed by atoms with Crippen LogP contribution in [0.3, 0.4) is 0 Å². The third-order valence-electron chi connectivity index (χ3n) is 5.54. The summed E-state index contributed by atoms with van der Waals surface area (Å²) in [5.74, 6) is 3.06. The normalized spacial score (nSPS) is 22.1. The number of amides is 1. The molecule has 2 aliphatic rings. The van der Waals surface area contributed by atoms with Gasteiger partial charge in [0.1, 0.15) is 5.82 Å². The zero-order chi connectivity index (χ0) is 17.9. The first-order chi connectivity index (χ1) is 12.7.